The maximum atomic E-state index is 7.30. The second-order valence-corrected chi connectivity index (χ2v) is 17.0. The molecule has 9 nitrogen and oxygen atoms in total. The molecule has 3 aliphatic rings. The molecule has 0 saturated heterocycles. The van der Waals surface area contributed by atoms with Gasteiger partial charge in [0.1, 0.15) is 34.5 Å². The van der Waals surface area contributed by atoms with Crippen LogP contribution >= 0.6 is 6.04 Å². The van der Waals surface area contributed by atoms with E-state index in [-0.39, 0.29) is 0 Å². The molecule has 6 aromatic carbocycles. The molecule has 0 saturated carbocycles. The van der Waals surface area contributed by atoms with E-state index in [1.54, 1.807) is 42.7 Å². The first-order chi connectivity index (χ1) is 25.9. The second kappa shape index (κ2) is 12.4. The lowest BCUT2D eigenvalue weighted by Gasteiger charge is -2.51. The molecule has 0 aromatic heterocycles. The molecular formula is C42H36N3O6PS. The lowest BCUT2D eigenvalue weighted by Crippen LogP contribution is -2.47. The van der Waals surface area contributed by atoms with Crippen molar-refractivity contribution in [2.24, 2.45) is 0 Å². The molecule has 9 rings (SSSR count). The van der Waals surface area contributed by atoms with Crippen molar-refractivity contribution in [1.29, 1.82) is 0 Å². The van der Waals surface area contributed by atoms with E-state index in [1.807, 2.05) is 36.4 Å². The third kappa shape index (κ3) is 4.72. The van der Waals surface area contributed by atoms with Crippen LogP contribution in [0.1, 0.15) is 0 Å². The van der Waals surface area contributed by atoms with Crippen molar-refractivity contribution in [3.05, 3.63) is 109 Å². The summed E-state index contributed by atoms with van der Waals surface area (Å²) in [5, 5.41) is 3.23. The summed E-state index contributed by atoms with van der Waals surface area (Å²) in [7, 11) is 10.1. The highest BCUT2D eigenvalue weighted by Gasteiger charge is 2.52. The van der Waals surface area contributed by atoms with Gasteiger partial charge in [-0.2, -0.15) is 0 Å². The standard InChI is InChI=1S/C42H36N3O6PS/c1-46-28-13-7-25(8-14-28)43-34-19-31(49-4)21-36-40(34)52(53)41-35(43)20-32(50-5)22-37(41)45(27-11-17-30(48-3)18-12-27)39-24-33(51-6)23-38(42(39)52)44(36)26-9-15-29(47-2)16-10-26/h7-24H,1-6H3. The molecule has 0 spiro atoms. The fraction of sp³-hybridized carbons (Fsp3) is 0.143. The molecule has 0 radical (unpaired) electrons. The van der Waals surface area contributed by atoms with Crippen molar-refractivity contribution in [2.45, 2.75) is 0 Å². The molecule has 266 valence electrons. The molecule has 3 aliphatic heterocycles. The molecule has 0 fully saturated rings. The van der Waals surface area contributed by atoms with Gasteiger partial charge in [-0.15, -0.1) is 0 Å². The van der Waals surface area contributed by atoms with Gasteiger partial charge in [0.25, 0.3) is 0 Å². The van der Waals surface area contributed by atoms with E-state index in [4.69, 9.17) is 40.2 Å². The van der Waals surface area contributed by atoms with Crippen molar-refractivity contribution in [2.75, 3.05) is 57.4 Å². The quantitative estimate of drug-likeness (QED) is 0.134. The van der Waals surface area contributed by atoms with Crippen LogP contribution in [0.15, 0.2) is 109 Å². The van der Waals surface area contributed by atoms with Crippen LogP contribution in [0, 0.1) is 0 Å². The SMILES string of the molecule is COc1ccc(N2c3cc(OC)cc4c3P3(=S)c5c2cc(OC)cc5N(c2ccc(OC)cc2)c2cc(OC)cc(c23)N4c2ccc(OC)cc2)cc1. The molecule has 0 bridgehead atoms. The Kier molecular flexibility index (Phi) is 7.73. The minimum absolute atomic E-state index is 0.701. The summed E-state index contributed by atoms with van der Waals surface area (Å²) in [5.41, 5.74) is 8.51. The maximum Gasteiger partial charge on any atom is 0.123 e. The van der Waals surface area contributed by atoms with Crippen LogP contribution in [0.4, 0.5) is 51.2 Å². The molecule has 3 heterocycles. The van der Waals surface area contributed by atoms with Crippen molar-refractivity contribution in [1.82, 2.24) is 0 Å². The fourth-order valence-electron chi connectivity index (χ4n) is 7.83. The average molecular weight is 742 g/mol. The topological polar surface area (TPSA) is 65.1 Å². The molecule has 0 unspecified atom stereocenters. The Labute approximate surface area is 313 Å². The fourth-order valence-corrected chi connectivity index (χ4v) is 13.1. The monoisotopic (exact) mass is 741 g/mol. The Bertz CT molecular complexity index is 2120. The highest BCUT2D eigenvalue weighted by Crippen LogP contribution is 2.68. The number of methoxy groups -OCH3 is 6. The molecule has 0 N–H and O–H groups in total. The van der Waals surface area contributed by atoms with E-state index in [1.165, 1.54) is 0 Å². The molecule has 0 aliphatic carbocycles. The Balaban J connectivity index is 1.47. The summed E-state index contributed by atoms with van der Waals surface area (Å²) in [4.78, 5) is 6.85. The third-order valence-corrected chi connectivity index (χ3v) is 15.1. The minimum atomic E-state index is -2.83. The van der Waals surface area contributed by atoms with Gasteiger partial charge in [-0.25, -0.2) is 0 Å². The number of ether oxygens (including phenoxy) is 6. The number of anilines is 9. The third-order valence-electron chi connectivity index (χ3n) is 10.2. The molecule has 0 atom stereocenters. The van der Waals surface area contributed by atoms with Crippen LogP contribution < -0.4 is 59.0 Å². The van der Waals surface area contributed by atoms with Gasteiger partial charge < -0.3 is 43.1 Å². The molecule has 6 aromatic rings. The van der Waals surface area contributed by atoms with Crippen molar-refractivity contribution >= 4 is 84.9 Å². The first-order valence-electron chi connectivity index (χ1n) is 17.0. The Morgan fingerprint density at radius 2 is 0.547 bits per heavy atom. The summed E-state index contributed by atoms with van der Waals surface area (Å²) in [6.07, 6.45) is 0. The largest absolute Gasteiger partial charge is 0.497 e. The zero-order valence-electron chi connectivity index (χ0n) is 30.0. The van der Waals surface area contributed by atoms with Gasteiger partial charge >= 0.3 is 0 Å². The highest BCUT2D eigenvalue weighted by atomic mass is 32.4. The zero-order chi connectivity index (χ0) is 36.6. The van der Waals surface area contributed by atoms with Gasteiger partial charge in [-0.3, -0.25) is 0 Å². The van der Waals surface area contributed by atoms with Gasteiger partial charge in [-0.1, -0.05) is 11.8 Å². The summed E-state index contributed by atoms with van der Waals surface area (Å²) >= 11 is 7.30. The Hall–Kier alpha value is -5.83. The van der Waals surface area contributed by atoms with Gasteiger partial charge in [0, 0.05) is 69.4 Å². The molecular weight excluding hydrogens is 706 g/mol. The predicted octanol–water partition coefficient (Wildman–Crippen LogP) is 8.84. The maximum absolute atomic E-state index is 7.30. The summed E-state index contributed by atoms with van der Waals surface area (Å²) in [6, 6.07) is 34.1. The lowest BCUT2D eigenvalue weighted by molar-refractivity contribution is 0.414. The second-order valence-electron chi connectivity index (χ2n) is 12.8. The normalized spacial score (nSPS) is 14.0. The number of rotatable bonds is 9. The van der Waals surface area contributed by atoms with E-state index in [0.29, 0.717) is 17.2 Å². The summed E-state index contributed by atoms with van der Waals surface area (Å²) in [6.45, 7) is 0. The minimum Gasteiger partial charge on any atom is -0.497 e. The van der Waals surface area contributed by atoms with Crippen molar-refractivity contribution < 1.29 is 28.4 Å². The van der Waals surface area contributed by atoms with Gasteiger partial charge in [0.15, 0.2) is 0 Å². The summed E-state index contributed by atoms with van der Waals surface area (Å²) < 4.78 is 34.9. The predicted molar refractivity (Wildman–Crippen MR) is 217 cm³/mol. The van der Waals surface area contributed by atoms with Crippen molar-refractivity contribution in [3.8, 4) is 34.5 Å². The molecule has 11 heteroatoms. The summed E-state index contributed by atoms with van der Waals surface area (Å²) in [5.74, 6) is 4.40. The van der Waals surface area contributed by atoms with E-state index in [2.05, 4.69) is 87.5 Å². The van der Waals surface area contributed by atoms with Gasteiger partial charge in [0.05, 0.1) is 82.8 Å². The first-order valence-corrected chi connectivity index (χ1v) is 19.8. The van der Waals surface area contributed by atoms with E-state index in [0.717, 1.165) is 84.3 Å². The molecule has 0 amide bonds. The van der Waals surface area contributed by atoms with Gasteiger partial charge in [0.2, 0.25) is 0 Å². The van der Waals surface area contributed by atoms with Crippen LogP contribution in [0.2, 0.25) is 0 Å². The van der Waals surface area contributed by atoms with Crippen LogP contribution in [-0.4, -0.2) is 42.7 Å². The lowest BCUT2D eigenvalue weighted by atomic mass is 10.1. The van der Waals surface area contributed by atoms with E-state index >= 15 is 0 Å². The Morgan fingerprint density at radius 3 is 0.736 bits per heavy atom. The van der Waals surface area contributed by atoms with Crippen LogP contribution in [-0.2, 0) is 11.8 Å². The number of nitrogens with zero attached hydrogens (tertiary/aromatic N) is 3. The van der Waals surface area contributed by atoms with Crippen LogP contribution in [0.25, 0.3) is 0 Å². The smallest absolute Gasteiger partial charge is 0.123 e. The number of hydrogen-bond donors (Lipinski definition) is 0. The Morgan fingerprint density at radius 1 is 0.340 bits per heavy atom. The van der Waals surface area contributed by atoms with Crippen molar-refractivity contribution in [3.63, 3.8) is 0 Å². The first kappa shape index (κ1) is 33.0. The molecule has 53 heavy (non-hydrogen) atoms. The van der Waals surface area contributed by atoms with E-state index in [9.17, 15) is 0 Å². The average Bonchev–Trinajstić information content (AvgIpc) is 3.20. The van der Waals surface area contributed by atoms with Crippen LogP contribution in [0.5, 0.6) is 34.5 Å². The number of benzene rings is 6. The highest BCUT2D eigenvalue weighted by molar-refractivity contribution is 8.26. The van der Waals surface area contributed by atoms with Gasteiger partial charge in [-0.05, 0) is 72.8 Å². The zero-order valence-corrected chi connectivity index (χ0v) is 31.7. The number of hydrogen-bond acceptors (Lipinski definition) is 10. The van der Waals surface area contributed by atoms with E-state index < -0.39 is 6.04 Å². The van der Waals surface area contributed by atoms with Crippen LogP contribution in [0.3, 0.4) is 0 Å².